The molecule has 5 nitrogen and oxygen atoms in total. The van der Waals surface area contributed by atoms with Crippen LogP contribution in [-0.4, -0.2) is 46.7 Å². The number of rotatable bonds is 11. The number of aliphatic carboxylic acids is 1. The van der Waals surface area contributed by atoms with Crippen LogP contribution in [-0.2, 0) is 20.7 Å². The largest absolute Gasteiger partial charge is 0.481 e. The van der Waals surface area contributed by atoms with Crippen molar-refractivity contribution in [3.8, 4) is 0 Å². The van der Waals surface area contributed by atoms with Gasteiger partial charge in [-0.1, -0.05) is 54.6 Å². The van der Waals surface area contributed by atoms with Crippen molar-refractivity contribution in [3.63, 3.8) is 0 Å². The minimum Gasteiger partial charge on any atom is -0.481 e. The van der Waals surface area contributed by atoms with E-state index in [1.165, 1.54) is 5.56 Å². The molecule has 3 saturated heterocycles. The van der Waals surface area contributed by atoms with Crippen molar-refractivity contribution in [2.75, 3.05) is 0 Å². The molecule has 0 radical (unpaired) electrons. The zero-order chi connectivity index (χ0) is 20.2. The first kappa shape index (κ1) is 20.3. The molecule has 7 atom stereocenters. The van der Waals surface area contributed by atoms with Crippen LogP contribution in [0.5, 0.6) is 0 Å². The number of epoxide rings is 1. The summed E-state index contributed by atoms with van der Waals surface area (Å²) in [4.78, 5) is 10.6. The van der Waals surface area contributed by atoms with Gasteiger partial charge in [-0.2, -0.15) is 0 Å². The van der Waals surface area contributed by atoms with Crippen LogP contribution in [0.25, 0.3) is 0 Å². The highest BCUT2D eigenvalue weighted by Crippen LogP contribution is 2.55. The fourth-order valence-electron chi connectivity index (χ4n) is 4.72. The molecule has 0 saturated carbocycles. The first-order valence-corrected chi connectivity index (χ1v) is 10.7. The SMILES string of the molecule is O=C(O)CCC/C=C/CC1C(/C=C/C(O)CCc2ccccc2)C2OC1C1OC21. The van der Waals surface area contributed by atoms with Gasteiger partial charge < -0.3 is 19.7 Å². The number of ether oxygens (including phenoxy) is 2. The molecule has 0 aromatic heterocycles. The Kier molecular flexibility index (Phi) is 6.48. The second kappa shape index (κ2) is 9.24. The second-order valence-corrected chi connectivity index (χ2v) is 8.34. The molecule has 0 spiro atoms. The average Bonchev–Trinajstić information content (AvgIpc) is 3.35. The summed E-state index contributed by atoms with van der Waals surface area (Å²) in [5.41, 5.74) is 1.24. The maximum absolute atomic E-state index is 10.6. The summed E-state index contributed by atoms with van der Waals surface area (Å²) in [6, 6.07) is 10.2. The number of hydrogen-bond acceptors (Lipinski definition) is 4. The number of benzene rings is 1. The van der Waals surface area contributed by atoms with Gasteiger partial charge in [0.2, 0.25) is 0 Å². The average molecular weight is 398 g/mol. The van der Waals surface area contributed by atoms with E-state index in [2.05, 4.69) is 30.4 Å². The Balaban J connectivity index is 1.28. The zero-order valence-electron chi connectivity index (χ0n) is 16.6. The first-order chi connectivity index (χ1) is 14.1. The summed E-state index contributed by atoms with van der Waals surface area (Å²) in [5.74, 6) is -0.122. The Morgan fingerprint density at radius 1 is 1.07 bits per heavy atom. The third kappa shape index (κ3) is 4.97. The molecular formula is C24H30O5. The van der Waals surface area contributed by atoms with Crippen molar-refractivity contribution in [2.45, 2.75) is 69.0 Å². The minimum absolute atomic E-state index is 0.105. The Labute approximate surface area is 172 Å². The van der Waals surface area contributed by atoms with Gasteiger partial charge in [-0.25, -0.2) is 0 Å². The van der Waals surface area contributed by atoms with Crippen LogP contribution in [0.15, 0.2) is 54.6 Å². The lowest BCUT2D eigenvalue weighted by atomic mass is 9.77. The minimum atomic E-state index is -0.743. The van der Waals surface area contributed by atoms with E-state index in [0.29, 0.717) is 18.8 Å². The lowest BCUT2D eigenvalue weighted by Gasteiger charge is -2.22. The Hall–Kier alpha value is -1.95. The third-order valence-corrected chi connectivity index (χ3v) is 6.28. The van der Waals surface area contributed by atoms with Gasteiger partial charge in [0.05, 0.1) is 18.3 Å². The number of carboxylic acids is 1. The Bertz CT molecular complexity index is 743. The molecule has 4 rings (SSSR count). The van der Waals surface area contributed by atoms with Gasteiger partial charge in [-0.05, 0) is 37.7 Å². The molecule has 2 bridgehead atoms. The van der Waals surface area contributed by atoms with Crippen LogP contribution < -0.4 is 0 Å². The first-order valence-electron chi connectivity index (χ1n) is 10.7. The van der Waals surface area contributed by atoms with Crippen LogP contribution in [0.4, 0.5) is 0 Å². The fraction of sp³-hybridized carbons (Fsp3) is 0.542. The van der Waals surface area contributed by atoms with Gasteiger partial charge in [0.25, 0.3) is 0 Å². The highest BCUT2D eigenvalue weighted by molar-refractivity contribution is 5.66. The molecule has 3 aliphatic heterocycles. The summed E-state index contributed by atoms with van der Waals surface area (Å²) >= 11 is 0. The number of allylic oxidation sites excluding steroid dienone is 2. The van der Waals surface area contributed by atoms with E-state index >= 15 is 0 Å². The van der Waals surface area contributed by atoms with Gasteiger partial charge in [-0.15, -0.1) is 0 Å². The van der Waals surface area contributed by atoms with Gasteiger partial charge in [-0.3, -0.25) is 4.79 Å². The lowest BCUT2D eigenvalue weighted by Crippen LogP contribution is -2.31. The number of fused-ring (bicyclic) bond motifs is 5. The molecule has 0 aliphatic carbocycles. The molecule has 5 heteroatoms. The number of carboxylic acid groups (broad SMARTS) is 1. The molecule has 3 fully saturated rings. The molecule has 156 valence electrons. The predicted octanol–water partition coefficient (Wildman–Crippen LogP) is 3.52. The number of unbranched alkanes of at least 4 members (excludes halogenated alkanes) is 1. The van der Waals surface area contributed by atoms with E-state index in [1.807, 2.05) is 24.3 Å². The van der Waals surface area contributed by atoms with Crippen LogP contribution in [0.2, 0.25) is 0 Å². The van der Waals surface area contributed by atoms with Crippen LogP contribution in [0, 0.1) is 11.8 Å². The van der Waals surface area contributed by atoms with Crippen LogP contribution >= 0.6 is 0 Å². The van der Waals surface area contributed by atoms with Crippen molar-refractivity contribution in [2.24, 2.45) is 11.8 Å². The smallest absolute Gasteiger partial charge is 0.303 e. The number of hydrogen-bond donors (Lipinski definition) is 2. The monoisotopic (exact) mass is 398 g/mol. The second-order valence-electron chi connectivity index (χ2n) is 8.34. The molecule has 7 unspecified atom stereocenters. The van der Waals surface area contributed by atoms with Gasteiger partial charge in [0.1, 0.15) is 12.2 Å². The normalized spacial score (nSPS) is 33.4. The molecule has 3 heterocycles. The molecule has 0 amide bonds. The maximum Gasteiger partial charge on any atom is 0.303 e. The molecule has 1 aromatic rings. The molecule has 29 heavy (non-hydrogen) atoms. The van der Waals surface area contributed by atoms with E-state index in [0.717, 1.165) is 19.3 Å². The quantitative estimate of drug-likeness (QED) is 0.339. The topological polar surface area (TPSA) is 79.3 Å². The van der Waals surface area contributed by atoms with Crippen molar-refractivity contribution >= 4 is 5.97 Å². The van der Waals surface area contributed by atoms with E-state index < -0.39 is 12.1 Å². The molecule has 1 aromatic carbocycles. The Morgan fingerprint density at radius 2 is 1.83 bits per heavy atom. The fourth-order valence-corrected chi connectivity index (χ4v) is 4.72. The van der Waals surface area contributed by atoms with Crippen molar-refractivity contribution < 1.29 is 24.5 Å². The number of aryl methyl sites for hydroxylation is 1. The van der Waals surface area contributed by atoms with Gasteiger partial charge in [0.15, 0.2) is 0 Å². The maximum atomic E-state index is 10.6. The van der Waals surface area contributed by atoms with E-state index in [4.69, 9.17) is 14.6 Å². The van der Waals surface area contributed by atoms with E-state index in [9.17, 15) is 9.90 Å². The van der Waals surface area contributed by atoms with Gasteiger partial charge >= 0.3 is 5.97 Å². The molecule has 2 N–H and O–H groups in total. The summed E-state index contributed by atoms with van der Waals surface area (Å²) < 4.78 is 11.9. The molecule has 3 aliphatic rings. The summed E-state index contributed by atoms with van der Waals surface area (Å²) in [7, 11) is 0. The summed E-state index contributed by atoms with van der Waals surface area (Å²) in [5, 5.41) is 19.1. The highest BCUT2D eigenvalue weighted by atomic mass is 16.7. The standard InChI is InChI=1S/C24H30O5/c25-17(13-12-16-8-4-3-5-9-16)14-15-19-18(10-6-1-2-7-11-20(26)27)21-23-24(29-23)22(19)28-21/h1,3-6,8-9,14-15,17-19,21-25H,2,7,10-13H2,(H,26,27)/b6-1+,15-14+. The Morgan fingerprint density at radius 3 is 2.62 bits per heavy atom. The predicted molar refractivity (Wildman–Crippen MR) is 109 cm³/mol. The number of carbonyl (C=O) groups is 1. The number of aliphatic hydroxyl groups is 1. The van der Waals surface area contributed by atoms with Crippen molar-refractivity contribution in [1.82, 2.24) is 0 Å². The third-order valence-electron chi connectivity index (χ3n) is 6.28. The van der Waals surface area contributed by atoms with Crippen LogP contribution in [0.1, 0.15) is 37.7 Å². The van der Waals surface area contributed by atoms with Gasteiger partial charge in [0, 0.05) is 18.3 Å². The van der Waals surface area contributed by atoms with Crippen molar-refractivity contribution in [3.05, 3.63) is 60.2 Å². The summed E-state index contributed by atoms with van der Waals surface area (Å²) in [6.07, 6.45) is 12.7. The van der Waals surface area contributed by atoms with Crippen LogP contribution in [0.3, 0.4) is 0 Å². The van der Waals surface area contributed by atoms with E-state index in [-0.39, 0.29) is 36.8 Å². The lowest BCUT2D eigenvalue weighted by molar-refractivity contribution is -0.137. The summed E-state index contributed by atoms with van der Waals surface area (Å²) in [6.45, 7) is 0. The number of aliphatic hydroxyl groups excluding tert-OH is 1. The molecular weight excluding hydrogens is 368 g/mol. The highest BCUT2D eigenvalue weighted by Gasteiger charge is 2.68. The van der Waals surface area contributed by atoms with Crippen molar-refractivity contribution in [1.29, 1.82) is 0 Å². The zero-order valence-corrected chi connectivity index (χ0v) is 16.6. The van der Waals surface area contributed by atoms with E-state index in [1.54, 1.807) is 0 Å².